The zero-order valence-electron chi connectivity index (χ0n) is 25.4. The Morgan fingerprint density at radius 2 is 1.55 bits per heavy atom. The van der Waals surface area contributed by atoms with Gasteiger partial charge in [0.1, 0.15) is 18.1 Å². The molecule has 0 aromatic heterocycles. The quantitative estimate of drug-likeness (QED) is 0.214. The van der Waals surface area contributed by atoms with Gasteiger partial charge in [0, 0.05) is 6.54 Å². The maximum absolute atomic E-state index is 13.9. The Labute approximate surface area is 243 Å². The van der Waals surface area contributed by atoms with E-state index in [-0.39, 0.29) is 23.8 Å². The minimum Gasteiger partial charge on any atom is -0.448 e. The summed E-state index contributed by atoms with van der Waals surface area (Å²) < 4.78 is 44.5. The van der Waals surface area contributed by atoms with Gasteiger partial charge in [-0.3, -0.25) is 19.2 Å². The Morgan fingerprint density at radius 1 is 1.00 bits per heavy atom. The number of piperidine rings is 1. The van der Waals surface area contributed by atoms with E-state index in [1.807, 2.05) is 13.8 Å². The normalized spacial score (nSPS) is 22.9. The molecule has 1 saturated heterocycles. The first kappa shape index (κ1) is 34.8. The van der Waals surface area contributed by atoms with E-state index in [4.69, 9.17) is 5.73 Å². The minimum atomic E-state index is -4.85. The molecule has 2 aliphatic rings. The number of ether oxygens (including phenoxy) is 1. The Bertz CT molecular complexity index is 1130. The lowest BCUT2D eigenvalue weighted by atomic mass is 9.85. The summed E-state index contributed by atoms with van der Waals surface area (Å²) in [6.07, 6.45) is -4.85. The number of likely N-dealkylation sites (tertiary alicyclic amines) is 1. The molecule has 0 spiro atoms. The van der Waals surface area contributed by atoms with E-state index in [9.17, 15) is 41.9 Å². The van der Waals surface area contributed by atoms with E-state index in [2.05, 4.69) is 20.7 Å². The molecular formula is C27H42F3N5O7. The third-order valence-electron chi connectivity index (χ3n) is 8.09. The van der Waals surface area contributed by atoms with E-state index < -0.39 is 83.3 Å². The van der Waals surface area contributed by atoms with Crippen LogP contribution in [0.2, 0.25) is 0 Å². The van der Waals surface area contributed by atoms with Gasteiger partial charge in [0.25, 0.3) is 5.91 Å². The number of nitrogens with zero attached hydrogens (tertiary/aromatic N) is 1. The third kappa shape index (κ3) is 7.33. The average molecular weight is 606 g/mol. The molecule has 0 unspecified atom stereocenters. The van der Waals surface area contributed by atoms with Crippen molar-refractivity contribution in [3.63, 3.8) is 0 Å². The molecule has 1 heterocycles. The Hall–Kier alpha value is -3.39. The number of Topliss-reactive ketones (excluding diaryl/α,β-unsaturated/α-hetero) is 1. The fourth-order valence-electron chi connectivity index (χ4n) is 5.17. The van der Waals surface area contributed by atoms with E-state index in [0.29, 0.717) is 13.8 Å². The van der Waals surface area contributed by atoms with Crippen LogP contribution in [-0.2, 0) is 28.7 Å². The average Bonchev–Trinajstić information content (AvgIpc) is 3.14. The molecule has 238 valence electrons. The van der Waals surface area contributed by atoms with Gasteiger partial charge in [-0.05, 0) is 42.4 Å². The van der Waals surface area contributed by atoms with Crippen molar-refractivity contribution < 1.29 is 46.7 Å². The molecule has 5 atom stereocenters. The topological polar surface area (TPSA) is 177 Å². The molecule has 1 saturated carbocycles. The van der Waals surface area contributed by atoms with Gasteiger partial charge in [-0.15, -0.1) is 0 Å². The van der Waals surface area contributed by atoms with Crippen molar-refractivity contribution in [1.82, 2.24) is 20.9 Å². The van der Waals surface area contributed by atoms with E-state index in [0.717, 1.165) is 0 Å². The van der Waals surface area contributed by atoms with Crippen molar-refractivity contribution in [1.29, 1.82) is 0 Å². The molecule has 1 aliphatic carbocycles. The van der Waals surface area contributed by atoms with Crippen LogP contribution in [0, 0.1) is 28.6 Å². The summed E-state index contributed by atoms with van der Waals surface area (Å²) in [5.41, 5.74) is 0.966. The fourth-order valence-corrected chi connectivity index (χ4v) is 5.17. The van der Waals surface area contributed by atoms with Crippen LogP contribution in [0.4, 0.5) is 18.0 Å². The molecular weight excluding hydrogens is 563 g/mol. The number of esters is 1. The number of hydrogen-bond acceptors (Lipinski definition) is 7. The van der Waals surface area contributed by atoms with Crippen LogP contribution in [0.3, 0.4) is 0 Å². The largest absolute Gasteiger partial charge is 0.448 e. The molecule has 2 fully saturated rings. The van der Waals surface area contributed by atoms with Crippen LogP contribution in [0.1, 0.15) is 62.3 Å². The number of nitrogens with two attached hydrogens (primary N) is 1. The molecule has 0 aromatic carbocycles. The van der Waals surface area contributed by atoms with Gasteiger partial charge in [0.05, 0.1) is 6.54 Å². The molecule has 2 rings (SSSR count). The molecule has 12 nitrogen and oxygen atoms in total. The van der Waals surface area contributed by atoms with Crippen LogP contribution < -0.4 is 21.7 Å². The number of primary amides is 1. The van der Waals surface area contributed by atoms with Gasteiger partial charge in [0.15, 0.2) is 0 Å². The number of fused-ring (bicyclic) bond motifs is 1. The van der Waals surface area contributed by atoms with Gasteiger partial charge in [-0.1, -0.05) is 48.5 Å². The van der Waals surface area contributed by atoms with Crippen LogP contribution in [0.15, 0.2) is 0 Å². The van der Waals surface area contributed by atoms with Crippen molar-refractivity contribution in [2.24, 2.45) is 34.3 Å². The number of ketones is 1. The predicted molar refractivity (Wildman–Crippen MR) is 143 cm³/mol. The highest BCUT2D eigenvalue weighted by Crippen LogP contribution is 2.65. The maximum Gasteiger partial charge on any atom is 0.427 e. The number of carbonyl (C=O) groups is 6. The fraction of sp³-hybridized carbons (Fsp3) is 0.778. The van der Waals surface area contributed by atoms with Gasteiger partial charge < -0.3 is 31.3 Å². The van der Waals surface area contributed by atoms with Crippen LogP contribution >= 0.6 is 0 Å². The summed E-state index contributed by atoms with van der Waals surface area (Å²) >= 11 is 0. The van der Waals surface area contributed by atoms with Crippen molar-refractivity contribution in [2.45, 2.75) is 92.2 Å². The van der Waals surface area contributed by atoms with Gasteiger partial charge in [-0.25, -0.2) is 9.59 Å². The van der Waals surface area contributed by atoms with Crippen molar-refractivity contribution in [2.75, 3.05) is 13.1 Å². The number of carbonyl (C=O) groups excluding carboxylic acids is 6. The molecule has 1 aliphatic heterocycles. The first-order chi connectivity index (χ1) is 18.8. The highest BCUT2D eigenvalue weighted by molar-refractivity contribution is 6.36. The Kier molecular flexibility index (Phi) is 9.71. The molecule has 0 aromatic rings. The number of halogens is 3. The van der Waals surface area contributed by atoms with Crippen molar-refractivity contribution in [3.8, 4) is 0 Å². The zero-order valence-corrected chi connectivity index (χ0v) is 25.4. The number of nitrogens with one attached hydrogen (secondary N) is 3. The van der Waals surface area contributed by atoms with Gasteiger partial charge in [0.2, 0.25) is 23.2 Å². The Morgan fingerprint density at radius 3 is 2.00 bits per heavy atom. The predicted octanol–water partition coefficient (Wildman–Crippen LogP) is 1.26. The second kappa shape index (κ2) is 11.7. The summed E-state index contributed by atoms with van der Waals surface area (Å²) in [6, 6.07) is -4.68. The smallest absolute Gasteiger partial charge is 0.427 e. The highest BCUT2D eigenvalue weighted by Gasteiger charge is 2.69. The first-order valence-corrected chi connectivity index (χ1v) is 13.6. The lowest BCUT2D eigenvalue weighted by Gasteiger charge is -2.38. The van der Waals surface area contributed by atoms with E-state index in [1.54, 1.807) is 20.8 Å². The van der Waals surface area contributed by atoms with Crippen LogP contribution in [-0.4, -0.2) is 83.4 Å². The number of alkyl halides is 3. The first-order valence-electron chi connectivity index (χ1n) is 13.6. The molecule has 5 N–H and O–H groups in total. The number of rotatable bonds is 10. The summed E-state index contributed by atoms with van der Waals surface area (Å²) in [7, 11) is 0. The lowest BCUT2D eigenvalue weighted by molar-refractivity contribution is -0.258. The second-order valence-corrected chi connectivity index (χ2v) is 13.5. The molecule has 5 amide bonds. The minimum absolute atomic E-state index is 0.0319. The van der Waals surface area contributed by atoms with E-state index >= 15 is 0 Å². The van der Waals surface area contributed by atoms with Crippen molar-refractivity contribution >= 4 is 35.5 Å². The molecule has 42 heavy (non-hydrogen) atoms. The third-order valence-corrected chi connectivity index (χ3v) is 8.09. The van der Waals surface area contributed by atoms with Gasteiger partial charge in [-0.2, -0.15) is 13.2 Å². The monoisotopic (exact) mass is 605 g/mol. The highest BCUT2D eigenvalue weighted by atomic mass is 19.4. The van der Waals surface area contributed by atoms with Gasteiger partial charge >= 0.3 is 18.2 Å². The standard InChI is InChI=1S/C27H42F3N5O7/c1-12(2)16(22(40)42-26(8,9)27(28,29)30)33-23(41)34-18(24(3,4)5)21(39)35-11-13-15(25(13,6)7)17(35)20(38)32-10-14(36)19(31)37/h12-13,15-18H,10-11H2,1-9H3,(H2,31,37)(H,32,38)(H2,33,34,41)/t13-,15-,16-,17-,18+/m0/s1. The van der Waals surface area contributed by atoms with Crippen LogP contribution in [0.5, 0.6) is 0 Å². The maximum atomic E-state index is 13.9. The number of urea groups is 1. The lowest BCUT2D eigenvalue weighted by Crippen LogP contribution is -2.62. The Balaban J connectivity index is 2.24. The number of amides is 5. The summed E-state index contributed by atoms with van der Waals surface area (Å²) in [4.78, 5) is 76.8. The summed E-state index contributed by atoms with van der Waals surface area (Å²) in [6.45, 7) is 12.8. The molecule has 0 radical (unpaired) electrons. The van der Waals surface area contributed by atoms with E-state index in [1.165, 1.54) is 18.7 Å². The zero-order chi connectivity index (χ0) is 32.7. The summed E-state index contributed by atoms with van der Waals surface area (Å²) in [5, 5.41) is 7.22. The number of hydrogen-bond donors (Lipinski definition) is 4. The van der Waals surface area contributed by atoms with Crippen molar-refractivity contribution in [3.05, 3.63) is 0 Å². The molecule has 15 heteroatoms. The second-order valence-electron chi connectivity index (χ2n) is 13.5. The van der Waals surface area contributed by atoms with Crippen LogP contribution in [0.25, 0.3) is 0 Å². The SMILES string of the molecule is CC(C)[C@H](NC(=O)N[C@H](C(=O)N1C[C@H]2[C@@H]([C@H]1C(=O)NCC(=O)C(N)=O)C2(C)C)C(C)(C)C)C(=O)OC(C)(C)C(F)(F)F. The summed E-state index contributed by atoms with van der Waals surface area (Å²) in [5.74, 6) is -5.72. The molecule has 0 bridgehead atoms.